The van der Waals surface area contributed by atoms with Crippen LogP contribution < -0.4 is 5.73 Å². The number of hydrogen-bond donors (Lipinski definition) is 1. The van der Waals surface area contributed by atoms with Crippen LogP contribution in [0.5, 0.6) is 0 Å². The van der Waals surface area contributed by atoms with Gasteiger partial charge in [0.25, 0.3) is 0 Å². The maximum atomic E-state index is 5.67. The van der Waals surface area contributed by atoms with Crippen LogP contribution in [0.1, 0.15) is 48.0 Å². The first-order chi connectivity index (χ1) is 8.35. The van der Waals surface area contributed by atoms with Crippen LogP contribution in [0, 0.1) is 0 Å². The summed E-state index contributed by atoms with van der Waals surface area (Å²) >= 11 is 0. The van der Waals surface area contributed by atoms with Gasteiger partial charge in [-0.15, -0.1) is 0 Å². The Bertz CT molecular complexity index is 606. The molecule has 0 amide bonds. The molecule has 0 aliphatic heterocycles. The molecule has 0 saturated heterocycles. The Kier molecular flexibility index (Phi) is 1.83. The van der Waals surface area contributed by atoms with Crippen molar-refractivity contribution in [1.29, 1.82) is 0 Å². The second kappa shape index (κ2) is 3.26. The Morgan fingerprint density at radius 2 is 1.76 bits per heavy atom. The van der Waals surface area contributed by atoms with Crippen LogP contribution in [0.15, 0.2) is 18.2 Å². The van der Waals surface area contributed by atoms with Gasteiger partial charge in [0.2, 0.25) is 0 Å². The molecule has 17 heavy (non-hydrogen) atoms. The van der Waals surface area contributed by atoms with Crippen molar-refractivity contribution in [3.63, 3.8) is 0 Å². The zero-order valence-corrected chi connectivity index (χ0v) is 9.69. The van der Waals surface area contributed by atoms with Crippen LogP contribution in [0.4, 0.5) is 0 Å². The Morgan fingerprint density at radius 1 is 1.06 bits per heavy atom. The lowest BCUT2D eigenvalue weighted by molar-refractivity contribution is 0.685. The summed E-state index contributed by atoms with van der Waals surface area (Å²) in [6.45, 7) is 0.570. The Balaban J connectivity index is 1.97. The van der Waals surface area contributed by atoms with Gasteiger partial charge in [0.1, 0.15) is 0 Å². The minimum atomic E-state index is 0.570. The van der Waals surface area contributed by atoms with Crippen LogP contribution in [0.2, 0.25) is 0 Å². The zero-order chi connectivity index (χ0) is 11.4. The highest BCUT2D eigenvalue weighted by Crippen LogP contribution is 2.51. The maximum Gasteiger partial charge on any atom is 0.0893 e. The smallest absolute Gasteiger partial charge is 0.0893 e. The number of benzene rings is 1. The molecular weight excluding hydrogens is 210 g/mol. The van der Waals surface area contributed by atoms with Crippen molar-refractivity contribution in [2.45, 2.75) is 37.6 Å². The molecule has 1 aromatic carbocycles. The molecule has 1 aromatic heterocycles. The fourth-order valence-electron chi connectivity index (χ4n) is 3.33. The predicted octanol–water partition coefficient (Wildman–Crippen LogP) is 2.45. The maximum absolute atomic E-state index is 5.67. The number of nitrogens with zero attached hydrogens (tertiary/aromatic N) is 2. The van der Waals surface area contributed by atoms with Gasteiger partial charge in [-0.3, -0.25) is 0 Å². The molecule has 1 heterocycles. The molecule has 1 saturated carbocycles. The highest BCUT2D eigenvalue weighted by molar-refractivity contribution is 5.76. The monoisotopic (exact) mass is 225 g/mol. The van der Waals surface area contributed by atoms with E-state index in [9.17, 15) is 0 Å². The first-order valence-electron chi connectivity index (χ1n) is 6.35. The molecule has 4 rings (SSSR count). The molecule has 0 spiro atoms. The lowest BCUT2D eigenvalue weighted by atomic mass is 10.00. The molecule has 1 fully saturated rings. The third-order valence-corrected chi connectivity index (χ3v) is 4.23. The fraction of sp³-hybridized carbons (Fsp3) is 0.429. The molecular formula is C14H15N3. The van der Waals surface area contributed by atoms with E-state index in [1.54, 1.807) is 0 Å². The van der Waals surface area contributed by atoms with Crippen LogP contribution in [0.3, 0.4) is 0 Å². The van der Waals surface area contributed by atoms with E-state index < -0.39 is 0 Å². The van der Waals surface area contributed by atoms with E-state index in [-0.39, 0.29) is 0 Å². The summed E-state index contributed by atoms with van der Waals surface area (Å²) in [5.74, 6) is 1.36. The van der Waals surface area contributed by atoms with Gasteiger partial charge in [-0.1, -0.05) is 6.07 Å². The highest BCUT2D eigenvalue weighted by Gasteiger charge is 2.39. The van der Waals surface area contributed by atoms with Gasteiger partial charge in [-0.05, 0) is 37.0 Å². The highest BCUT2D eigenvalue weighted by atomic mass is 14.9. The fourth-order valence-corrected chi connectivity index (χ4v) is 3.33. The summed E-state index contributed by atoms with van der Waals surface area (Å²) in [5, 5.41) is 0. The first kappa shape index (κ1) is 9.54. The minimum absolute atomic E-state index is 0.570. The molecule has 2 aliphatic carbocycles. The van der Waals surface area contributed by atoms with Crippen molar-refractivity contribution in [3.8, 4) is 0 Å². The summed E-state index contributed by atoms with van der Waals surface area (Å²) in [5.41, 5.74) is 11.4. The number of hydrogen-bond acceptors (Lipinski definition) is 3. The standard InChI is InChI=1S/C14H15N3/c15-7-8-1-4-11-12(5-8)17-14-10-3-2-9(6-10)13(14)16-11/h1,4-5,9-10H,2-3,6-7,15H2. The van der Waals surface area contributed by atoms with Gasteiger partial charge in [0.15, 0.2) is 0 Å². The summed E-state index contributed by atoms with van der Waals surface area (Å²) < 4.78 is 0. The molecule has 3 nitrogen and oxygen atoms in total. The molecule has 0 radical (unpaired) electrons. The molecule has 2 atom stereocenters. The molecule has 86 valence electrons. The Morgan fingerprint density at radius 3 is 2.47 bits per heavy atom. The quantitative estimate of drug-likeness (QED) is 0.811. The molecule has 2 bridgehead atoms. The largest absolute Gasteiger partial charge is 0.326 e. The summed E-state index contributed by atoms with van der Waals surface area (Å²) in [6.07, 6.45) is 3.88. The van der Waals surface area contributed by atoms with Gasteiger partial charge in [-0.2, -0.15) is 0 Å². The molecule has 2 aliphatic rings. The van der Waals surface area contributed by atoms with Crippen molar-refractivity contribution in [2.24, 2.45) is 5.73 Å². The lowest BCUT2D eigenvalue weighted by Gasteiger charge is -2.14. The molecule has 3 heteroatoms. The average Bonchev–Trinajstić information content (AvgIpc) is 2.97. The SMILES string of the molecule is NCc1ccc2nc3c(nc2c1)C1CCC3C1. The van der Waals surface area contributed by atoms with E-state index in [1.165, 1.54) is 30.7 Å². The third kappa shape index (κ3) is 1.26. The summed E-state index contributed by atoms with van der Waals surface area (Å²) in [7, 11) is 0. The summed E-state index contributed by atoms with van der Waals surface area (Å²) in [4.78, 5) is 9.64. The number of aromatic nitrogens is 2. The van der Waals surface area contributed by atoms with Gasteiger partial charge < -0.3 is 5.73 Å². The van der Waals surface area contributed by atoms with Crippen molar-refractivity contribution in [3.05, 3.63) is 35.2 Å². The second-order valence-electron chi connectivity index (χ2n) is 5.23. The van der Waals surface area contributed by atoms with E-state index in [4.69, 9.17) is 15.7 Å². The van der Waals surface area contributed by atoms with Crippen molar-refractivity contribution < 1.29 is 0 Å². The number of nitrogens with two attached hydrogens (primary N) is 1. The van der Waals surface area contributed by atoms with Crippen molar-refractivity contribution in [1.82, 2.24) is 9.97 Å². The Labute approximate surface area is 100 Å². The van der Waals surface area contributed by atoms with E-state index >= 15 is 0 Å². The van der Waals surface area contributed by atoms with Gasteiger partial charge in [0, 0.05) is 18.4 Å². The minimum Gasteiger partial charge on any atom is -0.326 e. The average molecular weight is 225 g/mol. The van der Waals surface area contributed by atoms with Crippen LogP contribution in [-0.4, -0.2) is 9.97 Å². The van der Waals surface area contributed by atoms with E-state index in [2.05, 4.69) is 18.2 Å². The van der Waals surface area contributed by atoms with Gasteiger partial charge >= 0.3 is 0 Å². The molecule has 2 aromatic rings. The van der Waals surface area contributed by atoms with E-state index in [0.717, 1.165) is 16.6 Å². The lowest BCUT2D eigenvalue weighted by Crippen LogP contribution is -2.05. The third-order valence-electron chi connectivity index (χ3n) is 4.23. The van der Waals surface area contributed by atoms with Crippen LogP contribution in [-0.2, 0) is 6.54 Å². The van der Waals surface area contributed by atoms with Crippen molar-refractivity contribution in [2.75, 3.05) is 0 Å². The Hall–Kier alpha value is -1.48. The zero-order valence-electron chi connectivity index (χ0n) is 9.69. The topological polar surface area (TPSA) is 51.8 Å². The first-order valence-corrected chi connectivity index (χ1v) is 6.35. The van der Waals surface area contributed by atoms with Crippen molar-refractivity contribution >= 4 is 11.0 Å². The second-order valence-corrected chi connectivity index (χ2v) is 5.23. The van der Waals surface area contributed by atoms with Gasteiger partial charge in [-0.25, -0.2) is 9.97 Å². The number of fused-ring (bicyclic) bond motifs is 6. The summed E-state index contributed by atoms with van der Waals surface area (Å²) in [6, 6.07) is 6.18. The van der Waals surface area contributed by atoms with Crippen LogP contribution >= 0.6 is 0 Å². The normalized spacial score (nSPS) is 25.5. The predicted molar refractivity (Wildman–Crippen MR) is 66.8 cm³/mol. The van der Waals surface area contributed by atoms with Gasteiger partial charge in [0.05, 0.1) is 22.4 Å². The van der Waals surface area contributed by atoms with E-state index in [1.807, 2.05) is 0 Å². The molecule has 2 unspecified atom stereocenters. The van der Waals surface area contributed by atoms with E-state index in [0.29, 0.717) is 18.4 Å². The van der Waals surface area contributed by atoms with Crippen LogP contribution in [0.25, 0.3) is 11.0 Å². The number of rotatable bonds is 1. The molecule has 2 N–H and O–H groups in total.